The molecule has 5 nitrogen and oxygen atoms in total. The van der Waals surface area contributed by atoms with Crippen LogP contribution in [0.2, 0.25) is 5.02 Å². The van der Waals surface area contributed by atoms with Crippen LogP contribution in [0, 0.1) is 5.92 Å². The van der Waals surface area contributed by atoms with Gasteiger partial charge >= 0.3 is 0 Å². The SMILES string of the molecule is NCc1ccc(CCC(=O)C2CC(Cc3ccc(Cl)cc3)CN2C(=O)C(N)CCc2ccccc2)cc1. The molecule has 1 fully saturated rings. The molecule has 3 unspecified atom stereocenters. The van der Waals surface area contributed by atoms with Crippen LogP contribution in [0.5, 0.6) is 0 Å². The fraction of sp³-hybridized carbons (Fsp3) is 0.355. The Morgan fingerprint density at radius 2 is 1.49 bits per heavy atom. The van der Waals surface area contributed by atoms with Crippen molar-refractivity contribution >= 4 is 23.3 Å². The first-order chi connectivity index (χ1) is 17.9. The number of hydrogen-bond acceptors (Lipinski definition) is 4. The Balaban J connectivity index is 1.43. The standard InChI is InChI=1S/C31H36ClN3O2/c32-27-14-10-24(11-15-27)18-26-19-29(30(36)17-13-23-6-8-25(20-33)9-7-23)35(21-26)31(37)28(34)16-12-22-4-2-1-3-5-22/h1-11,14-15,26,28-29H,12-13,16-21,33-34H2. The highest BCUT2D eigenvalue weighted by molar-refractivity contribution is 6.30. The average Bonchev–Trinajstić information content (AvgIpc) is 3.36. The monoisotopic (exact) mass is 517 g/mol. The molecular weight excluding hydrogens is 482 g/mol. The lowest BCUT2D eigenvalue weighted by Crippen LogP contribution is -2.48. The van der Waals surface area contributed by atoms with Gasteiger partial charge in [0.2, 0.25) is 5.91 Å². The lowest BCUT2D eigenvalue weighted by Gasteiger charge is -2.27. The zero-order chi connectivity index (χ0) is 26.2. The Morgan fingerprint density at radius 1 is 0.865 bits per heavy atom. The predicted molar refractivity (Wildman–Crippen MR) is 149 cm³/mol. The van der Waals surface area contributed by atoms with Crippen molar-refractivity contribution < 1.29 is 9.59 Å². The minimum atomic E-state index is -0.631. The van der Waals surface area contributed by atoms with E-state index in [9.17, 15) is 9.59 Å². The molecule has 1 heterocycles. The van der Waals surface area contributed by atoms with Gasteiger partial charge in [-0.3, -0.25) is 9.59 Å². The molecule has 3 aromatic carbocycles. The van der Waals surface area contributed by atoms with Gasteiger partial charge in [0.15, 0.2) is 5.78 Å². The van der Waals surface area contributed by atoms with E-state index in [-0.39, 0.29) is 17.6 Å². The molecule has 3 atom stereocenters. The Labute approximate surface area is 224 Å². The minimum Gasteiger partial charge on any atom is -0.331 e. The van der Waals surface area contributed by atoms with E-state index >= 15 is 0 Å². The second-order valence-electron chi connectivity index (χ2n) is 10.1. The van der Waals surface area contributed by atoms with Crippen molar-refractivity contribution in [2.45, 2.75) is 57.2 Å². The fourth-order valence-electron chi connectivity index (χ4n) is 5.15. The molecule has 194 valence electrons. The van der Waals surface area contributed by atoms with Crippen molar-refractivity contribution in [2.24, 2.45) is 17.4 Å². The third kappa shape index (κ3) is 7.51. The highest BCUT2D eigenvalue weighted by Crippen LogP contribution is 2.29. The zero-order valence-corrected chi connectivity index (χ0v) is 21.9. The number of nitrogens with zero attached hydrogens (tertiary/aromatic N) is 1. The quantitative estimate of drug-likeness (QED) is 0.385. The van der Waals surface area contributed by atoms with E-state index in [2.05, 4.69) is 0 Å². The van der Waals surface area contributed by atoms with Gasteiger partial charge in [0.25, 0.3) is 0 Å². The molecule has 1 amide bonds. The summed E-state index contributed by atoms with van der Waals surface area (Å²) in [6, 6.07) is 24.8. The van der Waals surface area contributed by atoms with Crippen LogP contribution in [0.15, 0.2) is 78.9 Å². The van der Waals surface area contributed by atoms with Crippen LogP contribution in [0.4, 0.5) is 0 Å². The van der Waals surface area contributed by atoms with Gasteiger partial charge in [-0.05, 0) is 72.4 Å². The highest BCUT2D eigenvalue weighted by Gasteiger charge is 2.40. The van der Waals surface area contributed by atoms with Gasteiger partial charge in [0.1, 0.15) is 0 Å². The van der Waals surface area contributed by atoms with E-state index in [1.54, 1.807) is 4.90 Å². The molecule has 0 spiro atoms. The second kappa shape index (κ2) is 13.0. The van der Waals surface area contributed by atoms with Crippen LogP contribution in [0.1, 0.15) is 41.5 Å². The largest absolute Gasteiger partial charge is 0.331 e. The van der Waals surface area contributed by atoms with Gasteiger partial charge in [-0.2, -0.15) is 0 Å². The maximum absolute atomic E-state index is 13.5. The number of benzene rings is 3. The summed E-state index contributed by atoms with van der Waals surface area (Å²) in [5.74, 6) is 0.175. The number of halogens is 1. The van der Waals surface area contributed by atoms with Crippen LogP contribution in [-0.2, 0) is 35.4 Å². The maximum atomic E-state index is 13.5. The number of carbonyl (C=O) groups excluding carboxylic acids is 2. The molecule has 1 aliphatic heterocycles. The number of likely N-dealkylation sites (tertiary alicyclic amines) is 1. The van der Waals surface area contributed by atoms with E-state index in [1.807, 2.05) is 78.9 Å². The molecule has 37 heavy (non-hydrogen) atoms. The van der Waals surface area contributed by atoms with Gasteiger partial charge in [0, 0.05) is 24.5 Å². The summed E-state index contributed by atoms with van der Waals surface area (Å²) >= 11 is 6.05. The van der Waals surface area contributed by atoms with Gasteiger partial charge in [-0.25, -0.2) is 0 Å². The zero-order valence-electron chi connectivity index (χ0n) is 21.2. The summed E-state index contributed by atoms with van der Waals surface area (Å²) in [7, 11) is 0. The molecule has 0 aliphatic carbocycles. The molecule has 0 saturated carbocycles. The molecule has 0 bridgehead atoms. The molecule has 6 heteroatoms. The number of amides is 1. The number of hydrogen-bond donors (Lipinski definition) is 2. The molecule has 3 aromatic rings. The summed E-state index contributed by atoms with van der Waals surface area (Å²) in [6.45, 7) is 1.04. The van der Waals surface area contributed by atoms with Crippen molar-refractivity contribution in [3.05, 3.63) is 106 Å². The van der Waals surface area contributed by atoms with Gasteiger partial charge in [0.05, 0.1) is 12.1 Å². The van der Waals surface area contributed by atoms with Crippen LogP contribution < -0.4 is 11.5 Å². The smallest absolute Gasteiger partial charge is 0.240 e. The normalized spacial score (nSPS) is 18.1. The lowest BCUT2D eigenvalue weighted by molar-refractivity contribution is -0.138. The maximum Gasteiger partial charge on any atom is 0.240 e. The van der Waals surface area contributed by atoms with E-state index in [4.69, 9.17) is 23.1 Å². The first-order valence-electron chi connectivity index (χ1n) is 13.1. The summed E-state index contributed by atoms with van der Waals surface area (Å²) < 4.78 is 0. The van der Waals surface area contributed by atoms with Crippen molar-refractivity contribution in [1.29, 1.82) is 0 Å². The number of carbonyl (C=O) groups is 2. The number of rotatable bonds is 11. The fourth-order valence-corrected chi connectivity index (χ4v) is 5.28. The van der Waals surface area contributed by atoms with Gasteiger partial charge in [-0.15, -0.1) is 0 Å². The Morgan fingerprint density at radius 3 is 2.16 bits per heavy atom. The van der Waals surface area contributed by atoms with E-state index in [0.29, 0.717) is 43.8 Å². The van der Waals surface area contributed by atoms with Crippen LogP contribution in [-0.4, -0.2) is 35.2 Å². The van der Waals surface area contributed by atoms with E-state index in [0.717, 1.165) is 35.1 Å². The molecule has 1 aliphatic rings. The summed E-state index contributed by atoms with van der Waals surface area (Å²) in [4.78, 5) is 28.7. The van der Waals surface area contributed by atoms with Crippen LogP contribution in [0.3, 0.4) is 0 Å². The Hall–Kier alpha value is -2.99. The molecule has 4 N–H and O–H groups in total. The molecule has 0 radical (unpaired) electrons. The van der Waals surface area contributed by atoms with E-state index in [1.165, 1.54) is 0 Å². The van der Waals surface area contributed by atoms with Gasteiger partial charge < -0.3 is 16.4 Å². The predicted octanol–water partition coefficient (Wildman–Crippen LogP) is 4.72. The summed E-state index contributed by atoms with van der Waals surface area (Å²) in [5, 5.41) is 0.698. The van der Waals surface area contributed by atoms with Crippen molar-refractivity contribution in [3.63, 3.8) is 0 Å². The summed E-state index contributed by atoms with van der Waals surface area (Å²) in [5.41, 5.74) is 16.6. The van der Waals surface area contributed by atoms with Crippen molar-refractivity contribution in [2.75, 3.05) is 6.54 Å². The van der Waals surface area contributed by atoms with Crippen molar-refractivity contribution in [1.82, 2.24) is 4.90 Å². The van der Waals surface area contributed by atoms with E-state index < -0.39 is 12.1 Å². The number of nitrogens with two attached hydrogens (primary N) is 2. The molecule has 4 rings (SSSR count). The molecular formula is C31H36ClN3O2. The number of Topliss-reactive ketones (excluding diaryl/α,β-unsaturated/α-hetero) is 1. The second-order valence-corrected chi connectivity index (χ2v) is 10.5. The molecule has 0 aromatic heterocycles. The lowest BCUT2D eigenvalue weighted by atomic mass is 9.94. The summed E-state index contributed by atoms with van der Waals surface area (Å²) in [6.07, 6.45) is 3.77. The van der Waals surface area contributed by atoms with Crippen LogP contribution in [0.25, 0.3) is 0 Å². The minimum absolute atomic E-state index is 0.102. The third-order valence-corrected chi connectivity index (χ3v) is 7.55. The van der Waals surface area contributed by atoms with Crippen molar-refractivity contribution in [3.8, 4) is 0 Å². The Kier molecular flexibility index (Phi) is 9.51. The Bertz CT molecular complexity index is 1170. The van der Waals surface area contributed by atoms with Gasteiger partial charge in [-0.1, -0.05) is 78.3 Å². The number of ketones is 1. The highest BCUT2D eigenvalue weighted by atomic mass is 35.5. The molecule has 1 saturated heterocycles. The number of aryl methyl sites for hydroxylation is 2. The first-order valence-corrected chi connectivity index (χ1v) is 13.5. The van der Waals surface area contributed by atoms with Crippen LogP contribution >= 0.6 is 11.6 Å². The average molecular weight is 518 g/mol. The topological polar surface area (TPSA) is 89.4 Å². The third-order valence-electron chi connectivity index (χ3n) is 7.30. The first kappa shape index (κ1) is 27.1.